The zero-order chi connectivity index (χ0) is 25.6. The van der Waals surface area contributed by atoms with E-state index in [0.29, 0.717) is 13.1 Å². The molecule has 0 aromatic heterocycles. The normalized spacial score (nSPS) is 23.6. The van der Waals surface area contributed by atoms with Crippen LogP contribution in [0, 0.1) is 0 Å². The molecule has 0 saturated carbocycles. The highest BCUT2D eigenvalue weighted by atomic mass is 32.2. The monoisotopic (exact) mass is 391 g/mol. The van der Waals surface area contributed by atoms with Crippen molar-refractivity contribution in [3.63, 3.8) is 0 Å². The van der Waals surface area contributed by atoms with Crippen molar-refractivity contribution in [3.05, 3.63) is 54.1 Å². The second kappa shape index (κ2) is 8.89. The molecule has 2 heterocycles. The lowest BCUT2D eigenvalue weighted by Gasteiger charge is -2.36. The minimum Gasteiger partial charge on any atom is -0.394 e. The SMILES string of the molecule is [2H]C([2H])(O)C([2H])([2H])OC([2H])([2H])C([2H])([2H])N1CCN(C2=Nc3ccccc3Sc3ccccc32)CC1. The van der Waals surface area contributed by atoms with Gasteiger partial charge in [-0.25, -0.2) is 4.99 Å². The largest absolute Gasteiger partial charge is 0.394 e. The predicted octanol–water partition coefficient (Wildman–Crippen LogP) is 2.86. The Labute approximate surface area is 175 Å². The van der Waals surface area contributed by atoms with Crippen molar-refractivity contribution in [1.29, 1.82) is 0 Å². The van der Waals surface area contributed by atoms with Crippen LogP contribution in [0.25, 0.3) is 0 Å². The Kier molecular flexibility index (Phi) is 3.69. The van der Waals surface area contributed by atoms with E-state index in [1.807, 2.05) is 53.4 Å². The number of rotatable bonds is 5. The summed E-state index contributed by atoms with van der Waals surface area (Å²) in [5.74, 6) is 0.738. The van der Waals surface area contributed by atoms with Gasteiger partial charge in [0.1, 0.15) is 5.84 Å². The van der Waals surface area contributed by atoms with Gasteiger partial charge < -0.3 is 14.7 Å². The molecule has 1 fully saturated rings. The topological polar surface area (TPSA) is 48.3 Å². The fourth-order valence-electron chi connectivity index (χ4n) is 3.08. The molecule has 0 aliphatic carbocycles. The molecule has 0 atom stereocenters. The number of para-hydroxylation sites is 1. The second-order valence-corrected chi connectivity index (χ2v) is 7.09. The summed E-state index contributed by atoms with van der Waals surface area (Å²) in [5, 5.41) is 9.35. The van der Waals surface area contributed by atoms with Crippen molar-refractivity contribution < 1.29 is 20.8 Å². The zero-order valence-corrected chi connectivity index (χ0v) is 15.4. The van der Waals surface area contributed by atoms with Crippen LogP contribution in [0.1, 0.15) is 16.5 Å². The quantitative estimate of drug-likeness (QED) is 0.849. The number of hydrogen-bond acceptors (Lipinski definition) is 6. The Hall–Kier alpha value is -1.86. The fourth-order valence-corrected chi connectivity index (χ4v) is 4.09. The van der Waals surface area contributed by atoms with Gasteiger partial charge in [0.15, 0.2) is 0 Å². The molecular weight excluding hydrogens is 358 g/mol. The van der Waals surface area contributed by atoms with E-state index in [-0.39, 0.29) is 13.1 Å². The predicted molar refractivity (Wildman–Crippen MR) is 109 cm³/mol. The van der Waals surface area contributed by atoms with E-state index in [1.54, 1.807) is 11.8 Å². The van der Waals surface area contributed by atoms with Gasteiger partial charge in [0.25, 0.3) is 0 Å². The highest BCUT2D eigenvalue weighted by Crippen LogP contribution is 2.40. The molecule has 142 valence electrons. The van der Waals surface area contributed by atoms with Gasteiger partial charge in [-0.2, -0.15) is 0 Å². The maximum absolute atomic E-state index is 9.35. The van der Waals surface area contributed by atoms with Gasteiger partial charge in [0.2, 0.25) is 0 Å². The minimum atomic E-state index is -3.52. The Morgan fingerprint density at radius 3 is 2.56 bits per heavy atom. The number of piperazine rings is 1. The third-order valence-electron chi connectivity index (χ3n) is 4.37. The van der Waals surface area contributed by atoms with E-state index in [1.165, 1.54) is 4.90 Å². The highest BCUT2D eigenvalue weighted by Gasteiger charge is 2.24. The van der Waals surface area contributed by atoms with Crippen molar-refractivity contribution in [2.24, 2.45) is 4.99 Å². The van der Waals surface area contributed by atoms with Crippen LogP contribution in [-0.2, 0) is 4.74 Å². The summed E-state index contributed by atoms with van der Waals surface area (Å²) in [6.07, 6.45) is 0. The summed E-state index contributed by atoms with van der Waals surface area (Å²) < 4.78 is 66.5. The zero-order valence-electron chi connectivity index (χ0n) is 22.6. The Balaban J connectivity index is 1.55. The lowest BCUT2D eigenvalue weighted by atomic mass is 10.1. The van der Waals surface area contributed by atoms with Crippen molar-refractivity contribution in [1.82, 2.24) is 9.80 Å². The standard InChI is InChI=1S/C21H25N3O2S/c25-14-16-26-15-13-23-9-11-24(12-10-23)21-17-5-1-3-7-19(17)27-20-8-4-2-6-18(20)22-21/h1-8,25H,9-16H2/i13D2,14D2,15D2,16D2. The molecule has 0 amide bonds. The maximum atomic E-state index is 9.35. The van der Waals surface area contributed by atoms with Crippen molar-refractivity contribution in [3.8, 4) is 0 Å². The molecule has 2 aromatic carbocycles. The lowest BCUT2D eigenvalue weighted by molar-refractivity contribution is 0.0652. The Morgan fingerprint density at radius 1 is 1.00 bits per heavy atom. The first-order valence-electron chi connectivity index (χ1n) is 12.6. The fraction of sp³-hybridized carbons (Fsp3) is 0.381. The molecule has 1 saturated heterocycles. The smallest absolute Gasteiger partial charge is 0.137 e. The first kappa shape index (κ1) is 11.2. The van der Waals surface area contributed by atoms with Gasteiger partial charge in [-0.3, -0.25) is 4.90 Å². The van der Waals surface area contributed by atoms with Gasteiger partial charge in [-0.1, -0.05) is 42.1 Å². The second-order valence-electron chi connectivity index (χ2n) is 6.01. The molecule has 2 aliphatic heterocycles. The van der Waals surface area contributed by atoms with Gasteiger partial charge in [0, 0.05) is 50.8 Å². The summed E-state index contributed by atoms with van der Waals surface area (Å²) in [4.78, 5) is 10.2. The summed E-state index contributed by atoms with van der Waals surface area (Å²) in [6, 6.07) is 15.7. The minimum absolute atomic E-state index is 0.0842. The van der Waals surface area contributed by atoms with Crippen molar-refractivity contribution in [2.45, 2.75) is 9.79 Å². The molecule has 6 heteroatoms. The van der Waals surface area contributed by atoms with Crippen LogP contribution in [0.3, 0.4) is 0 Å². The first-order chi connectivity index (χ1) is 16.2. The third kappa shape index (κ3) is 4.35. The van der Waals surface area contributed by atoms with Crippen LogP contribution in [0.15, 0.2) is 63.3 Å². The van der Waals surface area contributed by atoms with E-state index in [4.69, 9.17) is 16.0 Å². The molecule has 0 bridgehead atoms. The average Bonchev–Trinajstić information content (AvgIpc) is 2.94. The van der Waals surface area contributed by atoms with Crippen molar-refractivity contribution >= 4 is 23.3 Å². The van der Waals surface area contributed by atoms with E-state index >= 15 is 0 Å². The molecule has 1 N–H and O–H groups in total. The number of ether oxygens (including phenoxy) is 1. The molecule has 0 spiro atoms. The molecular formula is C21H25N3O2S. The highest BCUT2D eigenvalue weighted by molar-refractivity contribution is 7.99. The summed E-state index contributed by atoms with van der Waals surface area (Å²) in [6.45, 7) is -12.2. The number of aliphatic imine (C=N–C) groups is 1. The number of fused-ring (bicyclic) bond motifs is 2. The summed E-state index contributed by atoms with van der Waals surface area (Å²) in [7, 11) is 0. The molecule has 0 unspecified atom stereocenters. The molecule has 2 aliphatic rings. The lowest BCUT2D eigenvalue weighted by Crippen LogP contribution is -2.49. The molecule has 0 radical (unpaired) electrons. The van der Waals surface area contributed by atoms with Gasteiger partial charge >= 0.3 is 0 Å². The van der Waals surface area contributed by atoms with Gasteiger partial charge in [-0.15, -0.1) is 0 Å². The van der Waals surface area contributed by atoms with Crippen molar-refractivity contribution in [2.75, 3.05) is 52.4 Å². The number of amidine groups is 1. The summed E-state index contributed by atoms with van der Waals surface area (Å²) in [5.41, 5.74) is 1.77. The van der Waals surface area contributed by atoms with E-state index in [2.05, 4.69) is 4.74 Å². The Bertz CT molecular complexity index is 1120. The number of hydrogen-bond donors (Lipinski definition) is 1. The number of aliphatic hydroxyl groups is 1. The number of nitrogens with zero attached hydrogens (tertiary/aromatic N) is 3. The number of benzene rings is 2. The van der Waals surface area contributed by atoms with Crippen LogP contribution in [0.4, 0.5) is 5.69 Å². The van der Waals surface area contributed by atoms with Crippen LogP contribution < -0.4 is 0 Å². The molecule has 2 aromatic rings. The molecule has 4 rings (SSSR count). The first-order valence-corrected chi connectivity index (χ1v) is 9.42. The molecule has 5 nitrogen and oxygen atoms in total. The van der Waals surface area contributed by atoms with Gasteiger partial charge in [0.05, 0.1) is 33.6 Å². The molecule has 27 heavy (non-hydrogen) atoms. The average molecular weight is 392 g/mol. The van der Waals surface area contributed by atoms with E-state index in [0.717, 1.165) is 26.9 Å². The Morgan fingerprint density at radius 2 is 1.74 bits per heavy atom. The van der Waals surface area contributed by atoms with Crippen LogP contribution in [0.5, 0.6) is 0 Å². The summed E-state index contributed by atoms with van der Waals surface area (Å²) >= 11 is 1.62. The van der Waals surface area contributed by atoms with Gasteiger partial charge in [-0.05, 0) is 18.2 Å². The van der Waals surface area contributed by atoms with E-state index in [9.17, 15) is 5.11 Å². The van der Waals surface area contributed by atoms with Crippen LogP contribution in [0.2, 0.25) is 0 Å². The maximum Gasteiger partial charge on any atom is 0.137 e. The third-order valence-corrected chi connectivity index (χ3v) is 5.51. The van der Waals surface area contributed by atoms with Crippen LogP contribution >= 0.6 is 11.8 Å². The van der Waals surface area contributed by atoms with Crippen LogP contribution in [-0.4, -0.2) is 73.1 Å². The van der Waals surface area contributed by atoms with E-state index < -0.39 is 26.2 Å².